The first-order valence-electron chi connectivity index (χ1n) is 7.16. The molecule has 6 heteroatoms. The molecule has 2 aromatic rings. The van der Waals surface area contributed by atoms with Crippen LogP contribution in [0.15, 0.2) is 18.2 Å². The van der Waals surface area contributed by atoms with Crippen LogP contribution in [-0.2, 0) is 19.5 Å². The summed E-state index contributed by atoms with van der Waals surface area (Å²) in [6, 6.07) is 5.80. The van der Waals surface area contributed by atoms with Gasteiger partial charge >= 0.3 is 0 Å². The molecule has 3 heterocycles. The van der Waals surface area contributed by atoms with E-state index in [1.54, 1.807) is 0 Å². The van der Waals surface area contributed by atoms with Gasteiger partial charge in [-0.3, -0.25) is 4.79 Å². The molecule has 0 spiro atoms. The van der Waals surface area contributed by atoms with E-state index >= 15 is 0 Å². The lowest BCUT2D eigenvalue weighted by Gasteiger charge is -2.27. The highest BCUT2D eigenvalue weighted by molar-refractivity contribution is 5.97. The van der Waals surface area contributed by atoms with Gasteiger partial charge in [0.05, 0.1) is 25.3 Å². The summed E-state index contributed by atoms with van der Waals surface area (Å²) in [5, 5.41) is 4.32. The fourth-order valence-electron chi connectivity index (χ4n) is 2.99. The standard InChI is InChI=1S/C15H16N4O2/c1-10-16-13-9-18(6-7-19(13)17-10)15(20)12-4-2-3-11-5-8-21-14(11)12/h2-4H,5-9H2,1H3. The van der Waals surface area contributed by atoms with Crippen LogP contribution >= 0.6 is 0 Å². The van der Waals surface area contributed by atoms with Crippen LogP contribution in [0.4, 0.5) is 0 Å². The maximum Gasteiger partial charge on any atom is 0.258 e. The largest absolute Gasteiger partial charge is 0.492 e. The lowest BCUT2D eigenvalue weighted by atomic mass is 10.1. The number of ether oxygens (including phenoxy) is 1. The Morgan fingerprint density at radius 3 is 3.14 bits per heavy atom. The van der Waals surface area contributed by atoms with Crippen LogP contribution in [0.5, 0.6) is 5.75 Å². The van der Waals surface area contributed by atoms with Crippen molar-refractivity contribution in [2.45, 2.75) is 26.4 Å². The lowest BCUT2D eigenvalue weighted by Crippen LogP contribution is -2.38. The molecule has 1 amide bonds. The molecular weight excluding hydrogens is 268 g/mol. The number of rotatable bonds is 1. The zero-order valence-corrected chi connectivity index (χ0v) is 11.9. The van der Waals surface area contributed by atoms with E-state index in [0.717, 1.165) is 29.4 Å². The second-order valence-electron chi connectivity index (χ2n) is 5.42. The third kappa shape index (κ3) is 1.98. The van der Waals surface area contributed by atoms with Crippen LogP contribution in [0, 0.1) is 6.92 Å². The van der Waals surface area contributed by atoms with Gasteiger partial charge in [0.1, 0.15) is 17.4 Å². The van der Waals surface area contributed by atoms with Crippen molar-refractivity contribution < 1.29 is 9.53 Å². The number of carbonyl (C=O) groups is 1. The van der Waals surface area contributed by atoms with Crippen LogP contribution in [-0.4, -0.2) is 38.7 Å². The average Bonchev–Trinajstić information content (AvgIpc) is 3.09. The summed E-state index contributed by atoms with van der Waals surface area (Å²) in [4.78, 5) is 19.0. The number of aromatic nitrogens is 3. The highest BCUT2D eigenvalue weighted by Gasteiger charge is 2.27. The first-order valence-corrected chi connectivity index (χ1v) is 7.16. The number of nitrogens with zero attached hydrogens (tertiary/aromatic N) is 4. The molecule has 0 bridgehead atoms. The Bertz CT molecular complexity index is 722. The third-order valence-corrected chi connectivity index (χ3v) is 4.00. The number of carbonyl (C=O) groups excluding carboxylic acids is 1. The Labute approximate surface area is 122 Å². The SMILES string of the molecule is Cc1nc2n(n1)CCN(C(=O)c1cccc3c1OCC3)C2. The second kappa shape index (κ2) is 4.58. The van der Waals surface area contributed by atoms with Crippen molar-refractivity contribution in [2.75, 3.05) is 13.2 Å². The molecule has 0 saturated heterocycles. The first kappa shape index (κ1) is 12.4. The van der Waals surface area contributed by atoms with Crippen molar-refractivity contribution in [3.05, 3.63) is 41.0 Å². The van der Waals surface area contributed by atoms with E-state index in [-0.39, 0.29) is 5.91 Å². The molecule has 0 saturated carbocycles. The fourth-order valence-corrected chi connectivity index (χ4v) is 2.99. The molecule has 1 aromatic carbocycles. The number of fused-ring (bicyclic) bond motifs is 2. The van der Waals surface area contributed by atoms with E-state index in [9.17, 15) is 4.79 Å². The number of amides is 1. The predicted molar refractivity (Wildman–Crippen MR) is 75.1 cm³/mol. The van der Waals surface area contributed by atoms with Crippen LogP contribution in [0.2, 0.25) is 0 Å². The Morgan fingerprint density at radius 2 is 2.24 bits per heavy atom. The lowest BCUT2D eigenvalue weighted by molar-refractivity contribution is 0.0699. The molecule has 6 nitrogen and oxygen atoms in total. The minimum absolute atomic E-state index is 0.0145. The van der Waals surface area contributed by atoms with Crippen molar-refractivity contribution in [1.29, 1.82) is 0 Å². The zero-order chi connectivity index (χ0) is 14.4. The average molecular weight is 284 g/mol. The van der Waals surface area contributed by atoms with E-state index in [4.69, 9.17) is 4.74 Å². The second-order valence-corrected chi connectivity index (χ2v) is 5.42. The molecule has 0 atom stereocenters. The predicted octanol–water partition coefficient (Wildman–Crippen LogP) is 1.18. The smallest absolute Gasteiger partial charge is 0.258 e. The van der Waals surface area contributed by atoms with E-state index in [2.05, 4.69) is 10.1 Å². The van der Waals surface area contributed by atoms with Gasteiger partial charge in [-0.05, 0) is 18.6 Å². The summed E-state index contributed by atoms with van der Waals surface area (Å²) >= 11 is 0. The highest BCUT2D eigenvalue weighted by atomic mass is 16.5. The number of benzene rings is 1. The van der Waals surface area contributed by atoms with Gasteiger partial charge in [0.25, 0.3) is 5.91 Å². The molecule has 0 fully saturated rings. The Hall–Kier alpha value is -2.37. The van der Waals surface area contributed by atoms with E-state index in [1.165, 1.54) is 0 Å². The summed E-state index contributed by atoms with van der Waals surface area (Å²) in [6.45, 7) is 4.38. The molecule has 0 aliphatic carbocycles. The maximum absolute atomic E-state index is 12.8. The number of aryl methyl sites for hydroxylation is 1. The van der Waals surface area contributed by atoms with Crippen LogP contribution in [0.25, 0.3) is 0 Å². The Kier molecular flexibility index (Phi) is 2.70. The van der Waals surface area contributed by atoms with E-state index in [1.807, 2.05) is 34.7 Å². The fraction of sp³-hybridized carbons (Fsp3) is 0.400. The molecule has 2 aliphatic heterocycles. The van der Waals surface area contributed by atoms with Gasteiger partial charge in [0.2, 0.25) is 0 Å². The molecular formula is C15H16N4O2. The minimum Gasteiger partial charge on any atom is -0.492 e. The molecule has 2 aliphatic rings. The van der Waals surface area contributed by atoms with E-state index < -0.39 is 0 Å². The topological polar surface area (TPSA) is 60.2 Å². The van der Waals surface area contributed by atoms with Crippen molar-refractivity contribution >= 4 is 5.91 Å². The summed E-state index contributed by atoms with van der Waals surface area (Å²) in [6.07, 6.45) is 0.879. The van der Waals surface area contributed by atoms with Crippen molar-refractivity contribution in [1.82, 2.24) is 19.7 Å². The van der Waals surface area contributed by atoms with E-state index in [0.29, 0.717) is 31.8 Å². The monoisotopic (exact) mass is 284 g/mol. The van der Waals surface area contributed by atoms with Crippen LogP contribution in [0.1, 0.15) is 27.6 Å². The summed E-state index contributed by atoms with van der Waals surface area (Å²) in [5.74, 6) is 2.37. The number of hydrogen-bond acceptors (Lipinski definition) is 4. The normalized spacial score (nSPS) is 16.3. The van der Waals surface area contributed by atoms with Crippen LogP contribution < -0.4 is 4.74 Å². The molecule has 4 rings (SSSR count). The zero-order valence-electron chi connectivity index (χ0n) is 11.9. The minimum atomic E-state index is 0.0145. The summed E-state index contributed by atoms with van der Waals surface area (Å²) in [7, 11) is 0. The molecule has 108 valence electrons. The Morgan fingerprint density at radius 1 is 1.33 bits per heavy atom. The Balaban J connectivity index is 1.63. The molecule has 0 N–H and O–H groups in total. The van der Waals surface area contributed by atoms with Crippen molar-refractivity contribution in [3.63, 3.8) is 0 Å². The van der Waals surface area contributed by atoms with Crippen molar-refractivity contribution in [3.8, 4) is 5.75 Å². The first-order chi connectivity index (χ1) is 10.2. The summed E-state index contributed by atoms with van der Waals surface area (Å²) in [5.41, 5.74) is 1.78. The van der Waals surface area contributed by atoms with Gasteiger partial charge in [-0.2, -0.15) is 5.10 Å². The van der Waals surface area contributed by atoms with Gasteiger partial charge in [-0.1, -0.05) is 12.1 Å². The number of para-hydroxylation sites is 1. The molecule has 0 unspecified atom stereocenters. The van der Waals surface area contributed by atoms with Crippen LogP contribution in [0.3, 0.4) is 0 Å². The van der Waals surface area contributed by atoms with Crippen molar-refractivity contribution in [2.24, 2.45) is 0 Å². The van der Waals surface area contributed by atoms with Gasteiger partial charge in [0, 0.05) is 13.0 Å². The third-order valence-electron chi connectivity index (χ3n) is 4.00. The van der Waals surface area contributed by atoms with Gasteiger partial charge in [-0.15, -0.1) is 0 Å². The molecule has 1 aromatic heterocycles. The van der Waals surface area contributed by atoms with Gasteiger partial charge < -0.3 is 9.64 Å². The molecule has 0 radical (unpaired) electrons. The van der Waals surface area contributed by atoms with Gasteiger partial charge in [0.15, 0.2) is 0 Å². The van der Waals surface area contributed by atoms with Gasteiger partial charge in [-0.25, -0.2) is 9.67 Å². The number of hydrogen-bond donors (Lipinski definition) is 0. The maximum atomic E-state index is 12.8. The molecule has 21 heavy (non-hydrogen) atoms. The quantitative estimate of drug-likeness (QED) is 0.789. The summed E-state index contributed by atoms with van der Waals surface area (Å²) < 4.78 is 7.51. The highest BCUT2D eigenvalue weighted by Crippen LogP contribution is 2.30.